The van der Waals surface area contributed by atoms with E-state index >= 15 is 0 Å². The lowest BCUT2D eigenvalue weighted by atomic mass is 10.1. The predicted molar refractivity (Wildman–Crippen MR) is 72.8 cm³/mol. The number of guanidine groups is 2. The van der Waals surface area contributed by atoms with Crippen LogP contribution in [0.5, 0.6) is 0 Å². The highest BCUT2D eigenvalue weighted by Crippen LogP contribution is 2.15. The van der Waals surface area contributed by atoms with Gasteiger partial charge in [-0.15, -0.1) is 0 Å². The summed E-state index contributed by atoms with van der Waals surface area (Å²) in [5, 5.41) is 3.92. The number of nitrogens with one attached hydrogen (secondary N) is 1. The van der Waals surface area contributed by atoms with Gasteiger partial charge in [0.15, 0.2) is 5.96 Å². The Kier molecular flexibility index (Phi) is 3.42. The molecule has 0 atom stereocenters. The third-order valence-corrected chi connectivity index (χ3v) is 2.33. The average molecular weight is 259 g/mol. The topological polar surface area (TPSA) is 144 Å². The zero-order valence-electron chi connectivity index (χ0n) is 10.00. The van der Waals surface area contributed by atoms with Crippen molar-refractivity contribution in [3.05, 3.63) is 29.8 Å². The molecule has 0 aromatic heterocycles. The fourth-order valence-corrected chi connectivity index (χ4v) is 1.55. The van der Waals surface area contributed by atoms with Crippen molar-refractivity contribution in [2.24, 2.45) is 32.3 Å². The second kappa shape index (κ2) is 5.17. The zero-order chi connectivity index (χ0) is 13.8. The van der Waals surface area contributed by atoms with Gasteiger partial charge in [0, 0.05) is 0 Å². The summed E-state index contributed by atoms with van der Waals surface area (Å²) >= 11 is 0. The minimum atomic E-state index is -0.150. The number of hydrazone groups is 1. The first-order valence-electron chi connectivity index (χ1n) is 5.44. The third-order valence-electron chi connectivity index (χ3n) is 2.33. The molecule has 1 heterocycles. The van der Waals surface area contributed by atoms with E-state index in [1.807, 2.05) is 0 Å². The van der Waals surface area contributed by atoms with Crippen molar-refractivity contribution in [1.82, 2.24) is 5.43 Å². The van der Waals surface area contributed by atoms with Gasteiger partial charge in [-0.05, 0) is 17.7 Å². The van der Waals surface area contributed by atoms with E-state index in [1.165, 1.54) is 0 Å². The number of carbonyl (C=O) groups is 1. The molecule has 0 saturated heterocycles. The molecule has 1 aliphatic heterocycles. The lowest BCUT2D eigenvalue weighted by molar-refractivity contribution is -0.119. The maximum absolute atomic E-state index is 11.0. The fraction of sp³-hybridized carbons (Fsp3) is 0.0909. The summed E-state index contributed by atoms with van der Waals surface area (Å²) in [5.74, 6) is -0.292. The Balaban J connectivity index is 2.15. The van der Waals surface area contributed by atoms with Gasteiger partial charge in [0.1, 0.15) is 0 Å². The Bertz CT molecular complexity index is 582. The molecule has 2 rings (SSSR count). The molecule has 0 aliphatic carbocycles. The zero-order valence-corrected chi connectivity index (χ0v) is 10.00. The highest BCUT2D eigenvalue weighted by atomic mass is 16.2. The Hall–Kier alpha value is -2.90. The molecule has 0 unspecified atom stereocenters. The summed E-state index contributed by atoms with van der Waals surface area (Å²) in [6, 6.07) is 7.05. The van der Waals surface area contributed by atoms with Crippen molar-refractivity contribution < 1.29 is 4.79 Å². The summed E-state index contributed by atoms with van der Waals surface area (Å²) in [6.45, 7) is 0. The lowest BCUT2D eigenvalue weighted by Gasteiger charge is -2.00. The van der Waals surface area contributed by atoms with Crippen LogP contribution in [-0.4, -0.2) is 23.5 Å². The monoisotopic (exact) mass is 259 g/mol. The lowest BCUT2D eigenvalue weighted by Crippen LogP contribution is -2.26. The molecule has 1 aromatic rings. The molecule has 0 fully saturated rings. The van der Waals surface area contributed by atoms with E-state index in [1.54, 1.807) is 24.3 Å². The third kappa shape index (κ3) is 3.28. The first-order valence-corrected chi connectivity index (χ1v) is 5.44. The van der Waals surface area contributed by atoms with Gasteiger partial charge in [0.05, 0.1) is 17.8 Å². The SMILES string of the molecule is NC(N)=NC(N)=Nc1ccc(C2=NNC(=O)C2)cc1. The Morgan fingerprint density at radius 1 is 1.21 bits per heavy atom. The molecule has 0 bridgehead atoms. The molecular weight excluding hydrogens is 246 g/mol. The maximum Gasteiger partial charge on any atom is 0.246 e. The molecule has 1 aliphatic rings. The minimum Gasteiger partial charge on any atom is -0.370 e. The number of carbonyl (C=O) groups excluding carboxylic acids is 1. The normalized spacial score (nSPS) is 14.8. The van der Waals surface area contributed by atoms with Crippen LogP contribution in [0.2, 0.25) is 0 Å². The first-order chi connectivity index (χ1) is 9.04. The smallest absolute Gasteiger partial charge is 0.246 e. The number of benzene rings is 1. The molecule has 7 N–H and O–H groups in total. The predicted octanol–water partition coefficient (Wildman–Crippen LogP) is -0.870. The molecule has 1 aromatic carbocycles. The molecule has 19 heavy (non-hydrogen) atoms. The van der Waals surface area contributed by atoms with Crippen molar-refractivity contribution in [2.45, 2.75) is 6.42 Å². The fourth-order valence-electron chi connectivity index (χ4n) is 1.55. The Morgan fingerprint density at radius 3 is 2.42 bits per heavy atom. The number of hydrogen-bond donors (Lipinski definition) is 4. The highest BCUT2D eigenvalue weighted by Gasteiger charge is 2.15. The quantitative estimate of drug-likeness (QED) is 0.404. The van der Waals surface area contributed by atoms with E-state index in [-0.39, 0.29) is 24.2 Å². The molecule has 0 spiro atoms. The molecular formula is C11H13N7O. The van der Waals surface area contributed by atoms with Gasteiger partial charge in [-0.25, -0.2) is 10.4 Å². The van der Waals surface area contributed by atoms with E-state index in [0.717, 1.165) is 5.56 Å². The molecule has 0 saturated carbocycles. The van der Waals surface area contributed by atoms with E-state index in [9.17, 15) is 4.79 Å². The van der Waals surface area contributed by atoms with E-state index in [2.05, 4.69) is 20.5 Å². The van der Waals surface area contributed by atoms with Crippen LogP contribution < -0.4 is 22.6 Å². The maximum atomic E-state index is 11.0. The van der Waals surface area contributed by atoms with E-state index in [4.69, 9.17) is 17.2 Å². The van der Waals surface area contributed by atoms with Gasteiger partial charge in [-0.1, -0.05) is 12.1 Å². The van der Waals surface area contributed by atoms with Gasteiger partial charge in [-0.2, -0.15) is 10.1 Å². The molecule has 8 nitrogen and oxygen atoms in total. The number of rotatable bonds is 2. The standard InChI is InChI=1S/C11H13N7O/c12-10(13)16-11(14)15-7-3-1-6(2-4-7)8-5-9(19)18-17-8/h1-4H,5H2,(H,18,19)(H6,12,13,14,15,16). The van der Waals surface area contributed by atoms with Crippen LogP contribution in [0, 0.1) is 0 Å². The number of nitrogens with two attached hydrogens (primary N) is 3. The van der Waals surface area contributed by atoms with Crippen molar-refractivity contribution in [3.63, 3.8) is 0 Å². The molecule has 1 amide bonds. The van der Waals surface area contributed by atoms with Gasteiger partial charge >= 0.3 is 0 Å². The van der Waals surface area contributed by atoms with E-state index < -0.39 is 0 Å². The summed E-state index contributed by atoms with van der Waals surface area (Å²) in [6.07, 6.45) is 0.277. The van der Waals surface area contributed by atoms with Crippen LogP contribution in [0.15, 0.2) is 39.4 Å². The average Bonchev–Trinajstić information content (AvgIpc) is 2.75. The molecule has 98 valence electrons. The molecule has 8 heteroatoms. The van der Waals surface area contributed by atoms with Crippen molar-refractivity contribution in [2.75, 3.05) is 0 Å². The Morgan fingerprint density at radius 2 is 1.89 bits per heavy atom. The molecule has 0 radical (unpaired) electrons. The van der Waals surface area contributed by atoms with Crippen LogP contribution in [0.1, 0.15) is 12.0 Å². The van der Waals surface area contributed by atoms with Gasteiger partial charge in [0.2, 0.25) is 11.9 Å². The highest BCUT2D eigenvalue weighted by molar-refractivity contribution is 6.13. The summed E-state index contributed by atoms with van der Waals surface area (Å²) in [5.41, 5.74) is 20.4. The number of aliphatic imine (C=N–C) groups is 2. The van der Waals surface area contributed by atoms with Gasteiger partial charge in [0.25, 0.3) is 0 Å². The largest absolute Gasteiger partial charge is 0.370 e. The number of hydrogen-bond acceptors (Lipinski definition) is 3. The van der Waals surface area contributed by atoms with Crippen LogP contribution in [-0.2, 0) is 4.79 Å². The Labute approximate surface area is 109 Å². The van der Waals surface area contributed by atoms with Gasteiger partial charge in [-0.3, -0.25) is 4.79 Å². The second-order valence-electron chi connectivity index (χ2n) is 3.82. The van der Waals surface area contributed by atoms with Crippen LogP contribution in [0.25, 0.3) is 0 Å². The van der Waals surface area contributed by atoms with Crippen LogP contribution in [0.4, 0.5) is 5.69 Å². The van der Waals surface area contributed by atoms with E-state index in [0.29, 0.717) is 11.4 Å². The van der Waals surface area contributed by atoms with Crippen LogP contribution >= 0.6 is 0 Å². The minimum absolute atomic E-state index is 0.0252. The summed E-state index contributed by atoms with van der Waals surface area (Å²) in [4.78, 5) is 18.6. The summed E-state index contributed by atoms with van der Waals surface area (Å²) in [7, 11) is 0. The van der Waals surface area contributed by atoms with Crippen molar-refractivity contribution >= 4 is 29.2 Å². The number of nitrogens with zero attached hydrogens (tertiary/aromatic N) is 3. The first kappa shape index (κ1) is 12.6. The van der Waals surface area contributed by atoms with Crippen LogP contribution in [0.3, 0.4) is 0 Å². The van der Waals surface area contributed by atoms with Gasteiger partial charge < -0.3 is 17.2 Å². The summed E-state index contributed by atoms with van der Waals surface area (Å²) < 4.78 is 0. The van der Waals surface area contributed by atoms with Crippen molar-refractivity contribution in [1.29, 1.82) is 0 Å². The second-order valence-corrected chi connectivity index (χ2v) is 3.82. The number of amides is 1. The van der Waals surface area contributed by atoms with Crippen molar-refractivity contribution in [3.8, 4) is 0 Å².